The average Bonchev–Trinajstić information content (AvgIpc) is 2.35. The predicted molar refractivity (Wildman–Crippen MR) is 76.0 cm³/mol. The normalized spacial score (nSPS) is 12.2. The zero-order valence-corrected chi connectivity index (χ0v) is 11.6. The Labute approximate surface area is 121 Å². The van der Waals surface area contributed by atoms with Crippen molar-refractivity contribution in [2.24, 2.45) is 0 Å². The van der Waals surface area contributed by atoms with Crippen LogP contribution in [0, 0.1) is 18.6 Å². The molecule has 106 valence electrons. The molecule has 20 heavy (non-hydrogen) atoms. The maximum atomic E-state index is 13.8. The Morgan fingerprint density at radius 2 is 1.95 bits per heavy atom. The van der Waals surface area contributed by atoms with Gasteiger partial charge in [-0.05, 0) is 42.8 Å². The van der Waals surface area contributed by atoms with Gasteiger partial charge in [0.05, 0.1) is 12.6 Å². The van der Waals surface area contributed by atoms with Gasteiger partial charge in [0.25, 0.3) is 0 Å². The summed E-state index contributed by atoms with van der Waals surface area (Å²) in [5.41, 5.74) is 1.50. The van der Waals surface area contributed by atoms with E-state index in [1.54, 1.807) is 19.1 Å². The van der Waals surface area contributed by atoms with Crippen LogP contribution in [0.25, 0.3) is 0 Å². The number of nitrogens with one attached hydrogen (secondary N) is 1. The third kappa shape index (κ3) is 3.46. The van der Waals surface area contributed by atoms with Crippen LogP contribution in [0.15, 0.2) is 36.4 Å². The van der Waals surface area contributed by atoms with Crippen molar-refractivity contribution in [1.82, 2.24) is 0 Å². The van der Waals surface area contributed by atoms with E-state index in [4.69, 9.17) is 11.6 Å². The van der Waals surface area contributed by atoms with Gasteiger partial charge in [-0.3, -0.25) is 0 Å². The summed E-state index contributed by atoms with van der Waals surface area (Å²) in [6, 6.07) is 7.95. The Morgan fingerprint density at radius 1 is 1.20 bits per heavy atom. The molecule has 0 aliphatic carbocycles. The summed E-state index contributed by atoms with van der Waals surface area (Å²) in [5.74, 6) is -0.905. The molecule has 2 aromatic carbocycles. The van der Waals surface area contributed by atoms with Gasteiger partial charge in [0.2, 0.25) is 0 Å². The van der Waals surface area contributed by atoms with Crippen molar-refractivity contribution < 1.29 is 13.9 Å². The molecular formula is C15H14ClF2NO. The number of anilines is 1. The van der Waals surface area contributed by atoms with Gasteiger partial charge in [0.15, 0.2) is 0 Å². The fourth-order valence-electron chi connectivity index (χ4n) is 2.03. The van der Waals surface area contributed by atoms with Crippen LogP contribution in [0.3, 0.4) is 0 Å². The summed E-state index contributed by atoms with van der Waals surface area (Å²) < 4.78 is 27.2. The zero-order valence-electron chi connectivity index (χ0n) is 10.8. The molecule has 5 heteroatoms. The summed E-state index contributed by atoms with van der Waals surface area (Å²) in [7, 11) is 0. The van der Waals surface area contributed by atoms with E-state index in [2.05, 4.69) is 5.32 Å². The first-order valence-electron chi connectivity index (χ1n) is 6.09. The van der Waals surface area contributed by atoms with Crippen molar-refractivity contribution in [2.75, 3.05) is 11.9 Å². The molecule has 1 atom stereocenters. The molecule has 2 N–H and O–H groups in total. The Balaban J connectivity index is 2.28. The Bertz CT molecular complexity index is 599. The van der Waals surface area contributed by atoms with Gasteiger partial charge in [-0.1, -0.05) is 17.7 Å². The van der Waals surface area contributed by atoms with Gasteiger partial charge < -0.3 is 10.4 Å². The summed E-state index contributed by atoms with van der Waals surface area (Å²) in [4.78, 5) is 0. The minimum absolute atomic E-state index is 0.277. The van der Waals surface area contributed by atoms with Gasteiger partial charge >= 0.3 is 0 Å². The van der Waals surface area contributed by atoms with Crippen LogP contribution >= 0.6 is 11.6 Å². The summed E-state index contributed by atoms with van der Waals surface area (Å²) in [6.07, 6.45) is 0. The average molecular weight is 298 g/mol. The summed E-state index contributed by atoms with van der Waals surface area (Å²) >= 11 is 5.69. The number of halogens is 3. The van der Waals surface area contributed by atoms with Crippen molar-refractivity contribution in [3.05, 3.63) is 64.2 Å². The molecule has 0 heterocycles. The lowest BCUT2D eigenvalue weighted by Gasteiger charge is -2.19. The van der Waals surface area contributed by atoms with E-state index in [9.17, 15) is 13.9 Å². The first-order valence-corrected chi connectivity index (χ1v) is 6.47. The molecule has 2 nitrogen and oxygen atoms in total. The van der Waals surface area contributed by atoms with Gasteiger partial charge in [-0.25, -0.2) is 8.78 Å². The summed E-state index contributed by atoms with van der Waals surface area (Å²) in [5, 5.41) is 12.6. The minimum Gasteiger partial charge on any atom is -0.394 e. The molecular weight excluding hydrogens is 284 g/mol. The Morgan fingerprint density at radius 3 is 2.55 bits per heavy atom. The molecule has 0 aliphatic heterocycles. The van der Waals surface area contributed by atoms with Crippen LogP contribution in [0.1, 0.15) is 17.2 Å². The second-order valence-corrected chi connectivity index (χ2v) is 5.00. The molecule has 0 saturated carbocycles. The van der Waals surface area contributed by atoms with E-state index in [-0.39, 0.29) is 23.0 Å². The van der Waals surface area contributed by atoms with Crippen molar-refractivity contribution in [3.63, 3.8) is 0 Å². The molecule has 2 rings (SSSR count). The lowest BCUT2D eigenvalue weighted by atomic mass is 10.1. The molecule has 0 amide bonds. The maximum absolute atomic E-state index is 13.8. The third-order valence-electron chi connectivity index (χ3n) is 2.90. The highest BCUT2D eigenvalue weighted by Crippen LogP contribution is 2.25. The molecule has 0 radical (unpaired) electrons. The number of aliphatic hydroxyl groups excluding tert-OH is 1. The number of aliphatic hydroxyl groups is 1. The molecule has 0 saturated heterocycles. The molecule has 0 aromatic heterocycles. The number of benzene rings is 2. The fourth-order valence-corrected chi connectivity index (χ4v) is 2.19. The highest BCUT2D eigenvalue weighted by molar-refractivity contribution is 6.30. The van der Waals surface area contributed by atoms with Crippen molar-refractivity contribution in [2.45, 2.75) is 13.0 Å². The van der Waals surface area contributed by atoms with Gasteiger partial charge in [-0.15, -0.1) is 0 Å². The van der Waals surface area contributed by atoms with Gasteiger partial charge in [-0.2, -0.15) is 0 Å². The van der Waals surface area contributed by atoms with Crippen LogP contribution in [-0.4, -0.2) is 11.7 Å². The highest BCUT2D eigenvalue weighted by Gasteiger charge is 2.15. The van der Waals surface area contributed by atoms with Crippen molar-refractivity contribution in [3.8, 4) is 0 Å². The first kappa shape index (κ1) is 14.8. The van der Waals surface area contributed by atoms with Crippen molar-refractivity contribution in [1.29, 1.82) is 0 Å². The molecule has 0 fully saturated rings. The van der Waals surface area contributed by atoms with Gasteiger partial charge in [0, 0.05) is 16.3 Å². The minimum atomic E-state index is -0.673. The highest BCUT2D eigenvalue weighted by atomic mass is 35.5. The topological polar surface area (TPSA) is 32.3 Å². The molecule has 1 unspecified atom stereocenters. The van der Waals surface area contributed by atoms with Gasteiger partial charge in [0.1, 0.15) is 11.6 Å². The van der Waals surface area contributed by atoms with Crippen LogP contribution in [-0.2, 0) is 0 Å². The zero-order chi connectivity index (χ0) is 14.7. The second-order valence-electron chi connectivity index (χ2n) is 4.56. The predicted octanol–water partition coefficient (Wildman–Crippen LogP) is 4.07. The van der Waals surface area contributed by atoms with E-state index in [1.165, 1.54) is 24.3 Å². The van der Waals surface area contributed by atoms with E-state index < -0.39 is 11.9 Å². The molecule has 0 aliphatic rings. The lowest BCUT2D eigenvalue weighted by molar-refractivity contribution is 0.274. The van der Waals surface area contributed by atoms with E-state index >= 15 is 0 Å². The Hall–Kier alpha value is -1.65. The SMILES string of the molecule is Cc1cc(F)cc(NC(CO)c2ccc(Cl)cc2F)c1. The number of aryl methyl sites for hydroxylation is 1. The standard InChI is InChI=1S/C15H14ClF2NO/c1-9-4-11(17)7-12(5-9)19-15(8-20)13-3-2-10(16)6-14(13)18/h2-7,15,19-20H,8H2,1H3. The van der Waals surface area contributed by atoms with E-state index in [0.29, 0.717) is 5.69 Å². The molecule has 0 spiro atoms. The number of hydrogen-bond donors (Lipinski definition) is 2. The van der Waals surface area contributed by atoms with E-state index in [0.717, 1.165) is 5.56 Å². The first-order chi connectivity index (χ1) is 9.49. The number of rotatable bonds is 4. The quantitative estimate of drug-likeness (QED) is 0.891. The number of hydrogen-bond acceptors (Lipinski definition) is 2. The van der Waals surface area contributed by atoms with Crippen LogP contribution < -0.4 is 5.32 Å². The maximum Gasteiger partial charge on any atom is 0.130 e. The monoisotopic (exact) mass is 297 g/mol. The third-order valence-corrected chi connectivity index (χ3v) is 3.14. The summed E-state index contributed by atoms with van der Waals surface area (Å²) in [6.45, 7) is 1.43. The van der Waals surface area contributed by atoms with Crippen LogP contribution in [0.5, 0.6) is 0 Å². The van der Waals surface area contributed by atoms with Crippen molar-refractivity contribution >= 4 is 17.3 Å². The lowest BCUT2D eigenvalue weighted by Crippen LogP contribution is -2.16. The van der Waals surface area contributed by atoms with Crippen LogP contribution in [0.4, 0.5) is 14.5 Å². The molecule has 0 bridgehead atoms. The smallest absolute Gasteiger partial charge is 0.130 e. The second kappa shape index (κ2) is 6.20. The largest absolute Gasteiger partial charge is 0.394 e. The van der Waals surface area contributed by atoms with Crippen LogP contribution in [0.2, 0.25) is 5.02 Å². The fraction of sp³-hybridized carbons (Fsp3) is 0.200. The van der Waals surface area contributed by atoms with E-state index in [1.807, 2.05) is 0 Å². The Kier molecular flexibility index (Phi) is 4.57. The molecule has 2 aromatic rings.